The number of hydrogen-bond donors (Lipinski definition) is 0. The van der Waals surface area contributed by atoms with E-state index in [0.29, 0.717) is 5.69 Å². The van der Waals surface area contributed by atoms with Crippen molar-refractivity contribution in [1.82, 2.24) is 4.98 Å². The Labute approximate surface area is 93.8 Å². The van der Waals surface area contributed by atoms with Crippen LogP contribution in [0.1, 0.15) is 0 Å². The van der Waals surface area contributed by atoms with Gasteiger partial charge in [-0.3, -0.25) is 4.98 Å². The van der Waals surface area contributed by atoms with Crippen LogP contribution in [0.4, 0.5) is 23.0 Å². The minimum absolute atomic E-state index is 0.551. The van der Waals surface area contributed by atoms with Crippen molar-refractivity contribution in [3.8, 4) is 0 Å². The van der Waals surface area contributed by atoms with Crippen LogP contribution in [-0.2, 0) is 0 Å². The van der Waals surface area contributed by atoms with Crippen molar-refractivity contribution in [1.29, 1.82) is 5.39 Å². The molecule has 0 aliphatic heterocycles. The Hall–Kier alpha value is -2.17. The smallest absolute Gasteiger partial charge is 0.418 e. The predicted octanol–water partition coefficient (Wildman–Crippen LogP) is 4.02. The van der Waals surface area contributed by atoms with Gasteiger partial charge in [-0.25, -0.2) is 0 Å². The molecule has 0 aliphatic rings. The van der Waals surface area contributed by atoms with E-state index in [-0.39, 0.29) is 0 Å². The van der Waals surface area contributed by atoms with Crippen LogP contribution in [0.5, 0.6) is 0 Å². The van der Waals surface area contributed by atoms with Gasteiger partial charge < -0.3 is 17.3 Å². The molecule has 3 nitrogen and oxygen atoms in total. The zero-order chi connectivity index (χ0) is 12.9. The third-order valence-electron chi connectivity index (χ3n) is 1.70. The summed E-state index contributed by atoms with van der Waals surface area (Å²) < 4.78 is 39.0. The van der Waals surface area contributed by atoms with Crippen LogP contribution in [0, 0.1) is 5.39 Å². The fourth-order valence-electron chi connectivity index (χ4n) is 1.13. The summed E-state index contributed by atoms with van der Waals surface area (Å²) in [5.41, 5.74) is 1.46. The number of benzene rings is 1. The molecular weight excluding hydrogens is 237 g/mol. The number of hydrogen-bond acceptors (Lipinski definition) is 2. The molecule has 0 spiro atoms. The lowest BCUT2D eigenvalue weighted by Gasteiger charge is -1.94. The van der Waals surface area contributed by atoms with Crippen molar-refractivity contribution in [3.05, 3.63) is 41.5 Å². The number of aromatic nitrogens is 1. The van der Waals surface area contributed by atoms with E-state index in [1.165, 1.54) is 0 Å². The summed E-state index contributed by atoms with van der Waals surface area (Å²) in [6, 6.07) is 9.10. The minimum Gasteiger partial charge on any atom is -0.418 e. The maximum Gasteiger partial charge on any atom is 0.673 e. The predicted molar refractivity (Wildman–Crippen MR) is 56.7 cm³/mol. The van der Waals surface area contributed by atoms with Crippen molar-refractivity contribution in [2.24, 2.45) is 0 Å². The SMILES string of the molecule is F[B-](F)(F)F.N#[N+]c1ccc2ncccc2c1. The third-order valence-corrected chi connectivity index (χ3v) is 1.70. The number of pyridine rings is 1. The molecule has 0 saturated heterocycles. The fraction of sp³-hybridized carbons (Fsp3) is 0. The number of rotatable bonds is 0. The van der Waals surface area contributed by atoms with Gasteiger partial charge >= 0.3 is 12.9 Å². The Morgan fingerprint density at radius 2 is 1.76 bits per heavy atom. The molecule has 0 aliphatic carbocycles. The lowest BCUT2D eigenvalue weighted by molar-refractivity contribution is 0.368. The Balaban J connectivity index is 0.000000249. The van der Waals surface area contributed by atoms with Gasteiger partial charge in [0.25, 0.3) is 0 Å². The molecule has 0 unspecified atom stereocenters. The second-order valence-corrected chi connectivity index (χ2v) is 2.98. The van der Waals surface area contributed by atoms with Crippen LogP contribution < -0.4 is 0 Å². The van der Waals surface area contributed by atoms with E-state index in [9.17, 15) is 17.3 Å². The van der Waals surface area contributed by atoms with Crippen LogP contribution in [0.15, 0.2) is 36.5 Å². The molecule has 1 heterocycles. The first-order valence-electron chi connectivity index (χ1n) is 4.47. The van der Waals surface area contributed by atoms with Gasteiger partial charge in [0, 0.05) is 23.7 Å². The normalized spacial score (nSPS) is 10.3. The van der Waals surface area contributed by atoms with Crippen molar-refractivity contribution in [2.45, 2.75) is 0 Å². The van der Waals surface area contributed by atoms with Gasteiger partial charge in [0.05, 0.1) is 5.52 Å². The zero-order valence-corrected chi connectivity index (χ0v) is 8.39. The molecule has 17 heavy (non-hydrogen) atoms. The van der Waals surface area contributed by atoms with Gasteiger partial charge in [-0.15, -0.1) is 0 Å². The van der Waals surface area contributed by atoms with Gasteiger partial charge in [-0.05, 0) is 12.1 Å². The molecule has 2 rings (SSSR count). The van der Waals surface area contributed by atoms with Crippen molar-refractivity contribution in [3.63, 3.8) is 0 Å². The molecule has 8 heteroatoms. The summed E-state index contributed by atoms with van der Waals surface area (Å²) >= 11 is 0. The van der Waals surface area contributed by atoms with Crippen molar-refractivity contribution >= 4 is 23.8 Å². The average Bonchev–Trinajstić information content (AvgIpc) is 2.26. The van der Waals surface area contributed by atoms with E-state index in [1.807, 2.05) is 18.2 Å². The molecule has 0 N–H and O–H groups in total. The number of diazo groups is 1. The maximum absolute atomic E-state index is 9.75. The van der Waals surface area contributed by atoms with E-state index in [0.717, 1.165) is 10.9 Å². The van der Waals surface area contributed by atoms with Crippen LogP contribution in [0.3, 0.4) is 0 Å². The van der Waals surface area contributed by atoms with Gasteiger partial charge in [-0.1, -0.05) is 6.07 Å². The largest absolute Gasteiger partial charge is 0.673 e. The first-order valence-corrected chi connectivity index (χ1v) is 4.47. The Morgan fingerprint density at radius 1 is 1.12 bits per heavy atom. The zero-order valence-electron chi connectivity index (χ0n) is 8.39. The molecule has 1 aromatic carbocycles. The molecule has 1 aromatic heterocycles. The third kappa shape index (κ3) is 4.93. The van der Waals surface area contributed by atoms with E-state index in [1.54, 1.807) is 18.3 Å². The average molecular weight is 243 g/mol. The highest BCUT2D eigenvalue weighted by atomic mass is 19.5. The van der Waals surface area contributed by atoms with Gasteiger partial charge in [0.15, 0.2) is 4.98 Å². The fourth-order valence-corrected chi connectivity index (χ4v) is 1.13. The van der Waals surface area contributed by atoms with E-state index < -0.39 is 7.25 Å². The molecule has 0 atom stereocenters. The Bertz CT molecular complexity index is 544. The highest BCUT2D eigenvalue weighted by Gasteiger charge is 2.20. The van der Waals surface area contributed by atoms with Crippen molar-refractivity contribution in [2.75, 3.05) is 0 Å². The first-order chi connectivity index (χ1) is 7.90. The lowest BCUT2D eigenvalue weighted by atomic mass is 10.2. The van der Waals surface area contributed by atoms with Crippen LogP contribution in [0.2, 0.25) is 0 Å². The highest BCUT2D eigenvalue weighted by molar-refractivity contribution is 6.50. The molecule has 0 radical (unpaired) electrons. The number of fused-ring (bicyclic) bond motifs is 1. The minimum atomic E-state index is -6.00. The summed E-state index contributed by atoms with van der Waals surface area (Å²) in [5, 5.41) is 9.48. The summed E-state index contributed by atoms with van der Waals surface area (Å²) in [6.07, 6.45) is 1.73. The van der Waals surface area contributed by atoms with Crippen molar-refractivity contribution < 1.29 is 17.3 Å². The number of halogens is 4. The molecular formula is C9H6BF4N3. The van der Waals surface area contributed by atoms with Crippen LogP contribution >= 0.6 is 0 Å². The first kappa shape index (κ1) is 12.9. The van der Waals surface area contributed by atoms with Gasteiger partial charge in [0.2, 0.25) is 5.39 Å². The standard InChI is InChI=1S/C9H6N3.BF4/c10-12-8-3-4-9-7(6-8)2-1-5-11-9;2-1(3,4)5/h1-6H;/q+1;-1. The van der Waals surface area contributed by atoms with E-state index in [2.05, 4.69) is 9.96 Å². The van der Waals surface area contributed by atoms with E-state index >= 15 is 0 Å². The maximum atomic E-state index is 9.75. The van der Waals surface area contributed by atoms with E-state index in [4.69, 9.17) is 5.39 Å². The molecule has 0 saturated carbocycles. The number of nitrogens with zero attached hydrogens (tertiary/aromatic N) is 3. The summed E-state index contributed by atoms with van der Waals surface area (Å²) in [4.78, 5) is 7.23. The van der Waals surface area contributed by atoms with Gasteiger partial charge in [-0.2, -0.15) is 0 Å². The molecule has 0 fully saturated rings. The summed E-state index contributed by atoms with van der Waals surface area (Å²) in [7, 11) is -6.00. The second-order valence-electron chi connectivity index (χ2n) is 2.98. The van der Waals surface area contributed by atoms with Gasteiger partial charge in [0.1, 0.15) is 0 Å². The highest BCUT2D eigenvalue weighted by Crippen LogP contribution is 2.18. The lowest BCUT2D eigenvalue weighted by Crippen LogP contribution is -2.02. The molecule has 0 amide bonds. The van der Waals surface area contributed by atoms with Crippen LogP contribution in [-0.4, -0.2) is 12.2 Å². The summed E-state index contributed by atoms with van der Waals surface area (Å²) in [6.45, 7) is 0. The molecule has 0 bridgehead atoms. The quantitative estimate of drug-likeness (QED) is 0.398. The second kappa shape index (κ2) is 5.25. The Morgan fingerprint density at radius 3 is 2.35 bits per heavy atom. The topological polar surface area (TPSA) is 41.0 Å². The molecule has 88 valence electrons. The Kier molecular flexibility index (Phi) is 3.98. The summed E-state index contributed by atoms with van der Waals surface area (Å²) in [5.74, 6) is 0. The molecule has 2 aromatic rings. The van der Waals surface area contributed by atoms with Crippen LogP contribution in [0.25, 0.3) is 15.9 Å². The monoisotopic (exact) mass is 243 g/mol.